The molecule has 0 aromatic heterocycles. The van der Waals surface area contributed by atoms with Gasteiger partial charge in [0, 0.05) is 6.61 Å². The topological polar surface area (TPSA) is 9.23 Å². The van der Waals surface area contributed by atoms with Crippen molar-refractivity contribution in [2.24, 2.45) is 0 Å². The van der Waals surface area contributed by atoms with Crippen molar-refractivity contribution in [3.63, 3.8) is 0 Å². The van der Waals surface area contributed by atoms with Gasteiger partial charge in [-0.3, -0.25) is 0 Å². The molecule has 0 aromatic rings. The molecule has 1 radical (unpaired) electrons. The van der Waals surface area contributed by atoms with E-state index in [1.807, 2.05) is 6.61 Å². The first kappa shape index (κ1) is 12.6. The molecule has 1 fully saturated rings. The van der Waals surface area contributed by atoms with E-state index in [9.17, 15) is 0 Å². The second kappa shape index (κ2) is 8.96. The molecule has 1 rings (SSSR count). The van der Waals surface area contributed by atoms with Crippen molar-refractivity contribution in [1.82, 2.24) is 0 Å². The molecule has 0 atom stereocenters. The smallest absolute Gasteiger partial charge is 0.0836 e. The van der Waals surface area contributed by atoms with E-state index in [2.05, 4.69) is 0 Å². The fourth-order valence-electron chi connectivity index (χ4n) is 0.933. The van der Waals surface area contributed by atoms with Crippen LogP contribution < -0.4 is 0 Å². The largest absolute Gasteiger partial charge is 0.376 e. The van der Waals surface area contributed by atoms with Gasteiger partial charge >= 0.3 is 0 Å². The summed E-state index contributed by atoms with van der Waals surface area (Å²) < 4.78 is 5.15. The summed E-state index contributed by atoms with van der Waals surface area (Å²) in [4.78, 5) is 0. The molecule has 1 aliphatic heterocycles. The van der Waals surface area contributed by atoms with Crippen LogP contribution in [0.3, 0.4) is 0 Å². The molecule has 63 valence electrons. The normalized spacial score (nSPS) is 19.2. The Hall–Kier alpha value is -0.0400. The van der Waals surface area contributed by atoms with E-state index in [-0.39, 0.29) is 14.9 Å². The zero-order valence-corrected chi connectivity index (χ0v) is 5.23. The Labute approximate surface area is 65.8 Å². The number of ether oxygens (including phenoxy) is 1. The Balaban J connectivity index is 0. The minimum atomic E-state index is 0. The van der Waals surface area contributed by atoms with Crippen LogP contribution in [0.25, 0.3) is 0 Å². The molecule has 0 bridgehead atoms. The average Bonchev–Trinajstić information content (AvgIpc) is 1.62. The molecule has 1 saturated heterocycles. The molecule has 0 spiro atoms. The maximum Gasteiger partial charge on any atom is 0.0836 e. The predicted molar refractivity (Wildman–Crippen MR) is 46.8 cm³/mol. The van der Waals surface area contributed by atoms with Crippen LogP contribution >= 0.6 is 0 Å². The number of hydrogen-bond acceptors (Lipinski definition) is 1. The predicted octanol–water partition coefficient (Wildman–Crippen LogP) is 3.40. The van der Waals surface area contributed by atoms with E-state index in [4.69, 9.17) is 4.74 Å². The summed E-state index contributed by atoms with van der Waals surface area (Å²) in [6.45, 7) is 2.89. The monoisotopic (exact) mass is 145 g/mol. The van der Waals surface area contributed by atoms with Gasteiger partial charge in [0.25, 0.3) is 0 Å². The van der Waals surface area contributed by atoms with Crippen molar-refractivity contribution < 1.29 is 4.74 Å². The van der Waals surface area contributed by atoms with Crippen molar-refractivity contribution in [3.05, 3.63) is 6.61 Å². The number of hydrogen-bond donors (Lipinski definition) is 0. The average molecular weight is 145 g/mol. The lowest BCUT2D eigenvalue weighted by atomic mass is 10.1. The van der Waals surface area contributed by atoms with Gasteiger partial charge in [0.1, 0.15) is 0 Å². The van der Waals surface area contributed by atoms with Crippen molar-refractivity contribution in [3.8, 4) is 0 Å². The Kier molecular flexibility index (Phi) is 11.3. The zero-order chi connectivity index (χ0) is 5.66. The van der Waals surface area contributed by atoms with Crippen LogP contribution in [-0.2, 0) is 4.74 Å². The molecule has 0 aliphatic carbocycles. The van der Waals surface area contributed by atoms with Crippen LogP contribution in [0.4, 0.5) is 0 Å². The lowest BCUT2D eigenvalue weighted by Gasteiger charge is -2.06. The van der Waals surface area contributed by atoms with Crippen molar-refractivity contribution in [1.29, 1.82) is 0 Å². The van der Waals surface area contributed by atoms with Gasteiger partial charge in [0.2, 0.25) is 0 Å². The van der Waals surface area contributed by atoms with Crippen molar-refractivity contribution in [2.75, 3.05) is 6.61 Å². The zero-order valence-electron chi connectivity index (χ0n) is 5.23. The van der Waals surface area contributed by atoms with Gasteiger partial charge in [0.05, 0.1) is 6.61 Å². The van der Waals surface area contributed by atoms with Crippen LogP contribution in [0.15, 0.2) is 0 Å². The van der Waals surface area contributed by atoms with E-state index < -0.39 is 0 Å². The fraction of sp³-hybridized carbons (Fsp3) is 0.889. The van der Waals surface area contributed by atoms with Gasteiger partial charge < -0.3 is 4.74 Å². The molecule has 1 aliphatic rings. The molecule has 1 heteroatoms. The van der Waals surface area contributed by atoms with E-state index in [0.29, 0.717) is 0 Å². The quantitative estimate of drug-likeness (QED) is 0.507. The molecule has 0 N–H and O–H groups in total. The van der Waals surface area contributed by atoms with Crippen LogP contribution in [0, 0.1) is 6.61 Å². The van der Waals surface area contributed by atoms with Crippen molar-refractivity contribution in [2.45, 2.75) is 47.0 Å². The molecular formula is C9H21O. The van der Waals surface area contributed by atoms with E-state index >= 15 is 0 Å². The minimum absolute atomic E-state index is 0. The maximum atomic E-state index is 5.15. The number of rotatable bonds is 0. The lowest BCUT2D eigenvalue weighted by molar-refractivity contribution is 0.174. The standard InChI is InChI=1S/C7H13O.2CH4/c1-2-4-6-8-7-5-3-1;;/h6H,1-5,7H2;2*1H4. The molecule has 0 amide bonds. The van der Waals surface area contributed by atoms with Crippen LogP contribution in [0.1, 0.15) is 47.0 Å². The van der Waals surface area contributed by atoms with E-state index in [1.165, 1.54) is 25.7 Å². The van der Waals surface area contributed by atoms with Crippen LogP contribution in [0.5, 0.6) is 0 Å². The lowest BCUT2D eigenvalue weighted by Crippen LogP contribution is -1.95. The SMILES string of the molecule is C.C.[CH]1CCCCCCO1. The highest BCUT2D eigenvalue weighted by Gasteiger charge is 1.95. The Bertz CT molecular complexity index is 28.7. The Morgan fingerprint density at radius 1 is 0.900 bits per heavy atom. The molecule has 0 unspecified atom stereocenters. The summed E-state index contributed by atoms with van der Waals surface area (Å²) in [5.74, 6) is 0. The van der Waals surface area contributed by atoms with Gasteiger partial charge in [-0.25, -0.2) is 0 Å². The fourth-order valence-corrected chi connectivity index (χ4v) is 0.933. The molecule has 1 nitrogen and oxygen atoms in total. The summed E-state index contributed by atoms with van der Waals surface area (Å²) in [7, 11) is 0. The molecule has 0 aromatic carbocycles. The van der Waals surface area contributed by atoms with Gasteiger partial charge in [-0.2, -0.15) is 0 Å². The van der Waals surface area contributed by atoms with Crippen molar-refractivity contribution >= 4 is 0 Å². The maximum absolute atomic E-state index is 5.15. The van der Waals surface area contributed by atoms with Gasteiger partial charge in [-0.1, -0.05) is 34.1 Å². The first-order valence-electron chi connectivity index (χ1n) is 3.43. The van der Waals surface area contributed by atoms with Crippen LogP contribution in [-0.4, -0.2) is 6.61 Å². The highest BCUT2D eigenvalue weighted by Crippen LogP contribution is 2.09. The molecular weight excluding hydrogens is 124 g/mol. The molecule has 10 heavy (non-hydrogen) atoms. The summed E-state index contributed by atoms with van der Waals surface area (Å²) in [5, 5.41) is 0. The summed E-state index contributed by atoms with van der Waals surface area (Å²) in [6.07, 6.45) is 6.46. The Morgan fingerprint density at radius 3 is 2.40 bits per heavy atom. The molecule has 0 saturated carbocycles. The second-order valence-electron chi connectivity index (χ2n) is 2.24. The summed E-state index contributed by atoms with van der Waals surface area (Å²) >= 11 is 0. The minimum Gasteiger partial charge on any atom is -0.376 e. The first-order chi connectivity index (χ1) is 4.00. The third kappa shape index (κ3) is 6.09. The third-order valence-corrected chi connectivity index (χ3v) is 1.45. The van der Waals surface area contributed by atoms with E-state index in [1.54, 1.807) is 0 Å². The first-order valence-corrected chi connectivity index (χ1v) is 3.43. The molecule has 1 heterocycles. The second-order valence-corrected chi connectivity index (χ2v) is 2.24. The van der Waals surface area contributed by atoms with E-state index in [0.717, 1.165) is 13.0 Å². The third-order valence-electron chi connectivity index (χ3n) is 1.45. The highest BCUT2D eigenvalue weighted by molar-refractivity contribution is 4.55. The van der Waals surface area contributed by atoms with Gasteiger partial charge in [-0.05, 0) is 12.8 Å². The Morgan fingerprint density at radius 2 is 1.60 bits per heavy atom. The summed E-state index contributed by atoms with van der Waals surface area (Å²) in [6, 6.07) is 0. The summed E-state index contributed by atoms with van der Waals surface area (Å²) in [5.41, 5.74) is 0. The van der Waals surface area contributed by atoms with Gasteiger partial charge in [-0.15, -0.1) is 0 Å². The van der Waals surface area contributed by atoms with Gasteiger partial charge in [0.15, 0.2) is 0 Å². The van der Waals surface area contributed by atoms with Crippen LogP contribution in [0.2, 0.25) is 0 Å². The highest BCUT2D eigenvalue weighted by atomic mass is 16.5.